The Balaban J connectivity index is 1.55. The van der Waals surface area contributed by atoms with Gasteiger partial charge < -0.3 is 10.0 Å². The summed E-state index contributed by atoms with van der Waals surface area (Å²) in [6.07, 6.45) is 4.50. The summed E-state index contributed by atoms with van der Waals surface area (Å²) in [5.41, 5.74) is 3.43. The number of nitrogens with one attached hydrogen (secondary N) is 1. The average Bonchev–Trinajstić information content (AvgIpc) is 3.20. The van der Waals surface area contributed by atoms with E-state index in [9.17, 15) is 9.90 Å². The number of nitrogens with zero attached hydrogens (tertiary/aromatic N) is 2. The summed E-state index contributed by atoms with van der Waals surface area (Å²) < 4.78 is 0. The fourth-order valence-corrected chi connectivity index (χ4v) is 3.91. The van der Waals surface area contributed by atoms with Crippen molar-refractivity contribution in [2.75, 3.05) is 6.54 Å². The van der Waals surface area contributed by atoms with Crippen LogP contribution in [0.3, 0.4) is 0 Å². The molecule has 0 spiro atoms. The summed E-state index contributed by atoms with van der Waals surface area (Å²) in [4.78, 5) is 14.9. The van der Waals surface area contributed by atoms with E-state index < -0.39 is 6.10 Å². The number of H-pyrrole nitrogens is 1. The quantitative estimate of drug-likeness (QED) is 0.889. The predicted molar refractivity (Wildman–Crippen MR) is 85.6 cm³/mol. The normalized spacial score (nSPS) is 27.0. The zero-order valence-corrected chi connectivity index (χ0v) is 13.0. The Morgan fingerprint density at radius 1 is 1.30 bits per heavy atom. The van der Waals surface area contributed by atoms with Crippen LogP contribution in [0.2, 0.25) is 0 Å². The third-order valence-corrected chi connectivity index (χ3v) is 5.11. The van der Waals surface area contributed by atoms with E-state index in [1.165, 1.54) is 0 Å². The molecule has 2 aliphatic rings. The third-order valence-electron chi connectivity index (χ3n) is 5.11. The third kappa shape index (κ3) is 2.65. The molecule has 120 valence electrons. The Kier molecular flexibility index (Phi) is 3.65. The number of carbonyl (C=O) groups excluding carboxylic acids is 1. The first-order valence-corrected chi connectivity index (χ1v) is 8.27. The minimum absolute atomic E-state index is 0.00314. The Morgan fingerprint density at radius 2 is 2.13 bits per heavy atom. The Bertz CT molecular complexity index is 697. The van der Waals surface area contributed by atoms with Crippen molar-refractivity contribution in [2.45, 2.75) is 37.8 Å². The molecule has 0 saturated carbocycles. The minimum Gasteiger partial charge on any atom is -0.391 e. The average molecular weight is 311 g/mol. The van der Waals surface area contributed by atoms with Crippen LogP contribution in [-0.2, 0) is 17.6 Å². The van der Waals surface area contributed by atoms with E-state index in [-0.39, 0.29) is 17.9 Å². The van der Waals surface area contributed by atoms with Gasteiger partial charge in [-0.25, -0.2) is 0 Å². The van der Waals surface area contributed by atoms with Crippen LogP contribution in [-0.4, -0.2) is 38.8 Å². The number of β-amino-alcohol motifs (C(OH)–C–C–N with tert-alkyl or cyclic N) is 1. The first-order chi connectivity index (χ1) is 11.2. The van der Waals surface area contributed by atoms with E-state index >= 15 is 0 Å². The number of aliphatic hydroxyl groups excluding tert-OH is 1. The number of carbonyl (C=O) groups is 1. The molecule has 1 aliphatic carbocycles. The first kappa shape index (κ1) is 14.5. The molecule has 5 heteroatoms. The lowest BCUT2D eigenvalue weighted by Gasteiger charge is -2.30. The summed E-state index contributed by atoms with van der Waals surface area (Å²) in [5.74, 6) is 0.166. The number of aromatic amines is 1. The van der Waals surface area contributed by atoms with Crippen molar-refractivity contribution in [1.82, 2.24) is 15.1 Å². The van der Waals surface area contributed by atoms with Crippen molar-refractivity contribution in [3.8, 4) is 0 Å². The highest BCUT2D eigenvalue weighted by Gasteiger charge is 2.39. The molecule has 0 bridgehead atoms. The summed E-state index contributed by atoms with van der Waals surface area (Å²) in [6.45, 7) is 0.438. The van der Waals surface area contributed by atoms with Gasteiger partial charge in [0.15, 0.2) is 0 Å². The maximum absolute atomic E-state index is 13.0. The second-order valence-corrected chi connectivity index (χ2v) is 6.62. The number of aromatic nitrogens is 2. The number of rotatable bonds is 2. The summed E-state index contributed by atoms with van der Waals surface area (Å²) in [5, 5.41) is 17.2. The lowest BCUT2D eigenvalue weighted by atomic mass is 9.86. The SMILES string of the molecule is O=C(C1CCc2[nH]ncc2C1)N1CC(O)CC1c1ccccc1. The molecule has 2 N–H and O–H groups in total. The van der Waals surface area contributed by atoms with Crippen LogP contribution in [0.25, 0.3) is 0 Å². The molecule has 3 unspecified atom stereocenters. The number of benzene rings is 1. The minimum atomic E-state index is -0.433. The first-order valence-electron chi connectivity index (χ1n) is 8.27. The van der Waals surface area contributed by atoms with Crippen LogP contribution < -0.4 is 0 Å². The number of hydrogen-bond acceptors (Lipinski definition) is 3. The highest BCUT2D eigenvalue weighted by Crippen LogP contribution is 2.35. The second kappa shape index (κ2) is 5.81. The Morgan fingerprint density at radius 3 is 2.96 bits per heavy atom. The van der Waals surface area contributed by atoms with Gasteiger partial charge in [-0.1, -0.05) is 30.3 Å². The standard InChI is InChI=1S/C18H21N3O2/c22-15-9-17(12-4-2-1-3-5-12)21(11-15)18(23)13-6-7-16-14(8-13)10-19-20-16/h1-5,10,13,15,17,22H,6-9,11H2,(H,19,20). The number of likely N-dealkylation sites (tertiary alicyclic amines) is 1. The summed E-state index contributed by atoms with van der Waals surface area (Å²) >= 11 is 0. The Labute approximate surface area is 135 Å². The fraction of sp³-hybridized carbons (Fsp3) is 0.444. The zero-order valence-electron chi connectivity index (χ0n) is 13.0. The van der Waals surface area contributed by atoms with Crippen LogP contribution >= 0.6 is 0 Å². The second-order valence-electron chi connectivity index (χ2n) is 6.62. The number of fused-ring (bicyclic) bond motifs is 1. The van der Waals surface area contributed by atoms with Crippen molar-refractivity contribution < 1.29 is 9.90 Å². The number of hydrogen-bond donors (Lipinski definition) is 2. The van der Waals surface area contributed by atoms with Crippen LogP contribution in [0.5, 0.6) is 0 Å². The largest absolute Gasteiger partial charge is 0.391 e. The maximum Gasteiger partial charge on any atom is 0.226 e. The molecule has 1 saturated heterocycles. The molecule has 1 aromatic carbocycles. The van der Waals surface area contributed by atoms with Gasteiger partial charge in [0.25, 0.3) is 0 Å². The van der Waals surface area contributed by atoms with Crippen molar-refractivity contribution in [2.24, 2.45) is 5.92 Å². The molecular formula is C18H21N3O2. The van der Waals surface area contributed by atoms with E-state index in [1.54, 1.807) is 0 Å². The van der Waals surface area contributed by atoms with Crippen LogP contribution in [0, 0.1) is 5.92 Å². The number of aliphatic hydroxyl groups is 1. The van der Waals surface area contributed by atoms with Gasteiger partial charge in [0.2, 0.25) is 5.91 Å². The lowest BCUT2D eigenvalue weighted by Crippen LogP contribution is -2.38. The molecule has 5 nitrogen and oxygen atoms in total. The summed E-state index contributed by atoms with van der Waals surface area (Å²) in [7, 11) is 0. The van der Waals surface area contributed by atoms with Gasteiger partial charge in [-0.2, -0.15) is 5.10 Å². The van der Waals surface area contributed by atoms with Crippen LogP contribution in [0.1, 0.15) is 35.7 Å². The molecule has 4 rings (SSSR count). The number of aryl methyl sites for hydroxylation is 1. The molecular weight excluding hydrogens is 290 g/mol. The van der Waals surface area contributed by atoms with Crippen LogP contribution in [0.4, 0.5) is 0 Å². The van der Waals surface area contributed by atoms with Gasteiger partial charge in [0.05, 0.1) is 18.3 Å². The van der Waals surface area contributed by atoms with Crippen molar-refractivity contribution >= 4 is 5.91 Å². The highest BCUT2D eigenvalue weighted by molar-refractivity contribution is 5.80. The van der Waals surface area contributed by atoms with Crippen molar-refractivity contribution in [3.05, 3.63) is 53.3 Å². The molecule has 2 aromatic rings. The maximum atomic E-state index is 13.0. The van der Waals surface area contributed by atoms with E-state index in [0.717, 1.165) is 36.1 Å². The van der Waals surface area contributed by atoms with Gasteiger partial charge in [-0.05, 0) is 36.8 Å². The van der Waals surface area contributed by atoms with Gasteiger partial charge in [0.1, 0.15) is 0 Å². The van der Waals surface area contributed by atoms with E-state index in [2.05, 4.69) is 10.2 Å². The molecule has 3 atom stereocenters. The molecule has 1 aromatic heterocycles. The van der Waals surface area contributed by atoms with Gasteiger partial charge in [-0.15, -0.1) is 0 Å². The molecule has 1 amide bonds. The van der Waals surface area contributed by atoms with Crippen LogP contribution in [0.15, 0.2) is 36.5 Å². The zero-order chi connectivity index (χ0) is 15.8. The Hall–Kier alpha value is -2.14. The van der Waals surface area contributed by atoms with E-state index in [0.29, 0.717) is 13.0 Å². The molecule has 1 fully saturated rings. The van der Waals surface area contributed by atoms with Crippen molar-refractivity contribution in [3.63, 3.8) is 0 Å². The topological polar surface area (TPSA) is 69.2 Å². The fourth-order valence-electron chi connectivity index (χ4n) is 3.91. The highest BCUT2D eigenvalue weighted by atomic mass is 16.3. The monoisotopic (exact) mass is 311 g/mol. The summed E-state index contributed by atoms with van der Waals surface area (Å²) in [6, 6.07) is 10.0. The lowest BCUT2D eigenvalue weighted by molar-refractivity contribution is -0.137. The van der Waals surface area contributed by atoms with E-state index in [4.69, 9.17) is 0 Å². The molecule has 2 heterocycles. The van der Waals surface area contributed by atoms with Gasteiger partial charge in [-0.3, -0.25) is 9.89 Å². The van der Waals surface area contributed by atoms with Gasteiger partial charge in [0, 0.05) is 18.2 Å². The molecule has 1 aliphatic heterocycles. The van der Waals surface area contributed by atoms with Gasteiger partial charge >= 0.3 is 0 Å². The smallest absolute Gasteiger partial charge is 0.226 e. The predicted octanol–water partition coefficient (Wildman–Crippen LogP) is 1.85. The molecule has 0 radical (unpaired) electrons. The number of amides is 1. The molecule has 23 heavy (non-hydrogen) atoms. The van der Waals surface area contributed by atoms with Crippen molar-refractivity contribution in [1.29, 1.82) is 0 Å². The van der Waals surface area contributed by atoms with E-state index in [1.807, 2.05) is 41.4 Å².